The lowest BCUT2D eigenvalue weighted by Crippen LogP contribution is -2.17. The van der Waals surface area contributed by atoms with Crippen molar-refractivity contribution in [3.63, 3.8) is 0 Å². The first-order valence-electron chi connectivity index (χ1n) is 14.8. The third-order valence-corrected chi connectivity index (χ3v) is 6.94. The van der Waals surface area contributed by atoms with E-state index < -0.39 is 0 Å². The molecule has 33 heavy (non-hydrogen) atoms. The zero-order chi connectivity index (χ0) is 24.1. The van der Waals surface area contributed by atoms with Crippen LogP contribution in [-0.2, 0) is 4.79 Å². The van der Waals surface area contributed by atoms with E-state index in [1.807, 2.05) is 0 Å². The van der Waals surface area contributed by atoms with E-state index in [-0.39, 0.29) is 5.91 Å². The van der Waals surface area contributed by atoms with E-state index in [1.165, 1.54) is 148 Å². The molecule has 0 spiro atoms. The van der Waals surface area contributed by atoms with Crippen LogP contribution in [0.4, 0.5) is 0 Å². The highest BCUT2D eigenvalue weighted by Gasteiger charge is 1.99. The van der Waals surface area contributed by atoms with E-state index in [1.54, 1.807) is 5.48 Å². The van der Waals surface area contributed by atoms with Crippen molar-refractivity contribution in [3.8, 4) is 0 Å². The van der Waals surface area contributed by atoms with Crippen molar-refractivity contribution in [2.24, 2.45) is 0 Å². The number of hydrogen-bond donors (Lipinski definition) is 3. The van der Waals surface area contributed by atoms with Crippen LogP contribution < -0.4 is 5.48 Å². The molecule has 0 rings (SSSR count). The van der Waals surface area contributed by atoms with Gasteiger partial charge in [0.25, 0.3) is 0 Å². The van der Waals surface area contributed by atoms with Gasteiger partial charge in [-0.05, 0) is 12.8 Å². The summed E-state index contributed by atoms with van der Waals surface area (Å²) in [5.74, 6) is -0.259. The van der Waals surface area contributed by atoms with Crippen LogP contribution in [0.5, 0.6) is 0 Å². The fraction of sp³-hybridized carbons (Fsp3) is 0.966. The van der Waals surface area contributed by atoms with E-state index >= 15 is 0 Å². The topological polar surface area (TPSA) is 69.6 Å². The number of unbranched alkanes of at least 4 members (excludes halogenated alkanes) is 25. The van der Waals surface area contributed by atoms with Crippen LogP contribution in [0.15, 0.2) is 0 Å². The van der Waals surface area contributed by atoms with Gasteiger partial charge in [-0.2, -0.15) is 0 Å². The minimum absolute atomic E-state index is 0.259. The van der Waals surface area contributed by atoms with Gasteiger partial charge in [-0.15, -0.1) is 0 Å². The van der Waals surface area contributed by atoms with E-state index in [0.29, 0.717) is 13.0 Å². The average molecular weight is 470 g/mol. The van der Waals surface area contributed by atoms with Crippen molar-refractivity contribution in [2.75, 3.05) is 6.61 Å². The fourth-order valence-corrected chi connectivity index (χ4v) is 4.70. The van der Waals surface area contributed by atoms with Gasteiger partial charge < -0.3 is 5.11 Å². The molecule has 0 aliphatic rings. The minimum Gasteiger partial charge on any atom is -0.396 e. The number of aliphatic hydroxyl groups is 1. The first-order valence-corrected chi connectivity index (χ1v) is 14.8. The van der Waals surface area contributed by atoms with Crippen LogP contribution in [0.3, 0.4) is 0 Å². The van der Waals surface area contributed by atoms with Gasteiger partial charge in [-0.25, -0.2) is 5.48 Å². The van der Waals surface area contributed by atoms with Crippen molar-refractivity contribution in [2.45, 2.75) is 173 Å². The summed E-state index contributed by atoms with van der Waals surface area (Å²) in [6.45, 7) is 0.363. The number of carbonyl (C=O) groups is 1. The van der Waals surface area contributed by atoms with Crippen molar-refractivity contribution in [1.82, 2.24) is 5.48 Å². The number of amides is 1. The van der Waals surface area contributed by atoms with E-state index in [9.17, 15) is 4.79 Å². The summed E-state index contributed by atoms with van der Waals surface area (Å²) in [6.07, 6.45) is 35.3. The molecule has 0 bridgehead atoms. The standard InChI is InChI=1S/C29H59NO3/c31-28-26-24-22-20-18-16-14-12-10-8-6-4-2-1-3-5-7-9-11-13-15-17-19-21-23-25-27-29(32)30-33/h31,33H,1-28H2,(H,30,32). The largest absolute Gasteiger partial charge is 0.396 e. The summed E-state index contributed by atoms with van der Waals surface area (Å²) in [5, 5.41) is 17.2. The van der Waals surface area contributed by atoms with E-state index in [4.69, 9.17) is 10.3 Å². The molecule has 0 aliphatic carbocycles. The Bertz CT molecular complexity index is 376. The van der Waals surface area contributed by atoms with Crippen molar-refractivity contribution in [3.05, 3.63) is 0 Å². The summed E-state index contributed by atoms with van der Waals surface area (Å²) in [4.78, 5) is 10.9. The van der Waals surface area contributed by atoms with Crippen LogP contribution in [0.25, 0.3) is 0 Å². The second-order valence-corrected chi connectivity index (χ2v) is 10.2. The summed E-state index contributed by atoms with van der Waals surface area (Å²) >= 11 is 0. The molecule has 0 fully saturated rings. The number of hydroxylamine groups is 1. The van der Waals surface area contributed by atoms with Gasteiger partial charge in [0.1, 0.15) is 0 Å². The predicted octanol–water partition coefficient (Wildman–Crippen LogP) is 9.02. The van der Waals surface area contributed by atoms with Gasteiger partial charge in [0.15, 0.2) is 0 Å². The van der Waals surface area contributed by atoms with Gasteiger partial charge in [0.05, 0.1) is 0 Å². The molecule has 198 valence electrons. The molecule has 0 saturated heterocycles. The quantitative estimate of drug-likeness (QED) is 0.0608. The van der Waals surface area contributed by atoms with Crippen LogP contribution >= 0.6 is 0 Å². The Morgan fingerprint density at radius 2 is 0.606 bits per heavy atom. The van der Waals surface area contributed by atoms with Gasteiger partial charge >= 0.3 is 0 Å². The van der Waals surface area contributed by atoms with Crippen molar-refractivity contribution < 1.29 is 15.1 Å². The molecular formula is C29H59NO3. The third-order valence-electron chi connectivity index (χ3n) is 6.94. The van der Waals surface area contributed by atoms with Crippen LogP contribution in [0.2, 0.25) is 0 Å². The van der Waals surface area contributed by atoms with Crippen LogP contribution in [0, 0.1) is 0 Å². The first kappa shape index (κ1) is 32.4. The molecule has 0 heterocycles. The molecule has 0 atom stereocenters. The SMILES string of the molecule is O=C(CCCCCCCCCCCCCCCCCCCCCCCCCCCCO)NO. The van der Waals surface area contributed by atoms with Crippen molar-refractivity contribution in [1.29, 1.82) is 0 Å². The Morgan fingerprint density at radius 3 is 0.818 bits per heavy atom. The molecule has 4 nitrogen and oxygen atoms in total. The minimum atomic E-state index is -0.259. The van der Waals surface area contributed by atoms with Crippen LogP contribution in [-0.4, -0.2) is 22.8 Å². The number of aliphatic hydroxyl groups excluding tert-OH is 1. The Morgan fingerprint density at radius 1 is 0.394 bits per heavy atom. The van der Waals surface area contributed by atoms with Crippen molar-refractivity contribution >= 4 is 5.91 Å². The number of rotatable bonds is 28. The molecule has 0 aromatic heterocycles. The lowest BCUT2D eigenvalue weighted by Gasteiger charge is -2.04. The van der Waals surface area contributed by atoms with Crippen LogP contribution in [0.1, 0.15) is 173 Å². The molecule has 0 aromatic rings. The fourth-order valence-electron chi connectivity index (χ4n) is 4.70. The lowest BCUT2D eigenvalue weighted by molar-refractivity contribution is -0.129. The second-order valence-electron chi connectivity index (χ2n) is 10.2. The summed E-state index contributed by atoms with van der Waals surface area (Å²) in [5.41, 5.74) is 1.69. The first-order chi connectivity index (χ1) is 16.3. The lowest BCUT2D eigenvalue weighted by atomic mass is 10.0. The molecule has 1 amide bonds. The van der Waals surface area contributed by atoms with Gasteiger partial charge in [-0.1, -0.05) is 154 Å². The average Bonchev–Trinajstić information content (AvgIpc) is 2.83. The number of nitrogens with one attached hydrogen (secondary N) is 1. The Balaban J connectivity index is 3.02. The summed E-state index contributed by atoms with van der Waals surface area (Å²) in [6, 6.07) is 0. The van der Waals surface area contributed by atoms with Gasteiger partial charge in [-0.3, -0.25) is 10.0 Å². The highest BCUT2D eigenvalue weighted by atomic mass is 16.5. The highest BCUT2D eigenvalue weighted by molar-refractivity contribution is 5.74. The maximum Gasteiger partial charge on any atom is 0.243 e. The van der Waals surface area contributed by atoms with E-state index in [2.05, 4.69) is 0 Å². The molecule has 0 saturated carbocycles. The second kappa shape index (κ2) is 29.4. The normalized spacial score (nSPS) is 11.2. The highest BCUT2D eigenvalue weighted by Crippen LogP contribution is 2.16. The third kappa shape index (κ3) is 29.4. The Labute approximate surface area is 206 Å². The van der Waals surface area contributed by atoms with Gasteiger partial charge in [0.2, 0.25) is 5.91 Å². The molecule has 0 radical (unpaired) electrons. The molecule has 0 unspecified atom stereocenters. The molecule has 3 N–H and O–H groups in total. The summed E-state index contributed by atoms with van der Waals surface area (Å²) < 4.78 is 0. The molecular weight excluding hydrogens is 410 g/mol. The maximum absolute atomic E-state index is 10.9. The monoisotopic (exact) mass is 469 g/mol. The Kier molecular flexibility index (Phi) is 28.9. The molecule has 4 heteroatoms. The maximum atomic E-state index is 10.9. The van der Waals surface area contributed by atoms with E-state index in [0.717, 1.165) is 19.3 Å². The Hall–Kier alpha value is -0.610. The number of hydrogen-bond acceptors (Lipinski definition) is 3. The molecule has 0 aliphatic heterocycles. The molecule has 0 aromatic carbocycles. The summed E-state index contributed by atoms with van der Waals surface area (Å²) in [7, 11) is 0. The zero-order valence-electron chi connectivity index (χ0n) is 22.1. The zero-order valence-corrected chi connectivity index (χ0v) is 22.1. The number of carbonyl (C=O) groups excluding carboxylic acids is 1. The van der Waals surface area contributed by atoms with Gasteiger partial charge in [0, 0.05) is 13.0 Å². The smallest absolute Gasteiger partial charge is 0.243 e. The predicted molar refractivity (Wildman–Crippen MR) is 142 cm³/mol.